The molecule has 0 radical (unpaired) electrons. The van der Waals surface area contributed by atoms with Crippen LogP contribution in [0.15, 0.2) is 12.5 Å². The van der Waals surface area contributed by atoms with Crippen molar-refractivity contribution in [1.82, 2.24) is 14.9 Å². The number of fused-ring (bicyclic) bond motifs is 1. The minimum absolute atomic E-state index is 0.489. The van der Waals surface area contributed by atoms with Gasteiger partial charge in [0.15, 0.2) is 0 Å². The van der Waals surface area contributed by atoms with E-state index < -0.39 is 0 Å². The Morgan fingerprint density at radius 1 is 1.29 bits per heavy atom. The lowest BCUT2D eigenvalue weighted by molar-refractivity contribution is 0.192. The number of halogens is 1. The van der Waals surface area contributed by atoms with Crippen molar-refractivity contribution in [3.63, 3.8) is 0 Å². The number of piperidine rings is 1. The number of aromatic nitrogens is 2. The quantitative estimate of drug-likeness (QED) is 0.876. The van der Waals surface area contributed by atoms with Crippen molar-refractivity contribution in [3.05, 3.63) is 17.5 Å². The molecule has 2 fully saturated rings. The summed E-state index contributed by atoms with van der Waals surface area (Å²) in [5, 5.41) is 4.10. The van der Waals surface area contributed by atoms with E-state index in [0.717, 1.165) is 5.82 Å². The topological polar surface area (TPSA) is 41.1 Å². The van der Waals surface area contributed by atoms with E-state index in [1.165, 1.54) is 38.8 Å². The minimum Gasteiger partial charge on any atom is -0.364 e. The molecule has 2 aliphatic heterocycles. The lowest BCUT2D eigenvalue weighted by Gasteiger charge is -2.32. The molecule has 5 heteroatoms. The number of hydrogen-bond acceptors (Lipinski definition) is 4. The zero-order valence-electron chi connectivity index (χ0n) is 9.77. The van der Waals surface area contributed by atoms with Crippen molar-refractivity contribution in [2.75, 3.05) is 18.4 Å². The first-order chi connectivity index (χ1) is 8.34. The maximum absolute atomic E-state index is 6.08. The van der Waals surface area contributed by atoms with E-state index in [0.29, 0.717) is 17.1 Å². The Labute approximate surface area is 106 Å². The highest BCUT2D eigenvalue weighted by molar-refractivity contribution is 6.32. The van der Waals surface area contributed by atoms with Gasteiger partial charge in [0.05, 0.1) is 6.20 Å². The third-order valence-corrected chi connectivity index (χ3v) is 4.12. The molecule has 1 aromatic rings. The molecule has 2 aliphatic rings. The van der Waals surface area contributed by atoms with E-state index in [1.54, 1.807) is 12.5 Å². The Balaban J connectivity index is 1.71. The van der Waals surface area contributed by atoms with Gasteiger partial charge in [0.25, 0.3) is 0 Å². The molecule has 92 valence electrons. The molecule has 0 saturated carbocycles. The summed E-state index contributed by atoms with van der Waals surface area (Å²) in [7, 11) is 0. The maximum Gasteiger partial charge on any atom is 0.148 e. The third-order valence-electron chi connectivity index (χ3n) is 3.85. The van der Waals surface area contributed by atoms with Gasteiger partial charge in [-0.05, 0) is 25.8 Å². The summed E-state index contributed by atoms with van der Waals surface area (Å²) in [6.45, 7) is 2.45. The Morgan fingerprint density at radius 3 is 3.12 bits per heavy atom. The van der Waals surface area contributed by atoms with Crippen LogP contribution in [0.3, 0.4) is 0 Å². The molecule has 2 atom stereocenters. The van der Waals surface area contributed by atoms with Crippen molar-refractivity contribution in [2.24, 2.45) is 0 Å². The van der Waals surface area contributed by atoms with Crippen molar-refractivity contribution < 1.29 is 0 Å². The molecule has 2 saturated heterocycles. The first kappa shape index (κ1) is 11.2. The van der Waals surface area contributed by atoms with Crippen LogP contribution in [0.4, 0.5) is 5.82 Å². The molecule has 1 aromatic heterocycles. The molecule has 0 amide bonds. The van der Waals surface area contributed by atoms with E-state index in [9.17, 15) is 0 Å². The van der Waals surface area contributed by atoms with Crippen LogP contribution >= 0.6 is 11.6 Å². The standard InChI is InChI=1S/C12H17ClN4/c13-9-7-14-8-15-12(9)16-10-4-6-17-5-2-1-3-11(10)17/h7-8,10-11H,1-6H2,(H,14,15,16). The van der Waals surface area contributed by atoms with Gasteiger partial charge in [0.1, 0.15) is 17.2 Å². The summed E-state index contributed by atoms with van der Waals surface area (Å²) in [5.74, 6) is 0.777. The molecule has 2 unspecified atom stereocenters. The van der Waals surface area contributed by atoms with E-state index in [1.807, 2.05) is 0 Å². The van der Waals surface area contributed by atoms with Gasteiger partial charge in [0, 0.05) is 18.6 Å². The highest BCUT2D eigenvalue weighted by Crippen LogP contribution is 2.30. The van der Waals surface area contributed by atoms with E-state index in [4.69, 9.17) is 11.6 Å². The molecule has 3 rings (SSSR count). The summed E-state index contributed by atoms with van der Waals surface area (Å²) in [4.78, 5) is 10.7. The summed E-state index contributed by atoms with van der Waals surface area (Å²) in [5.41, 5.74) is 0. The van der Waals surface area contributed by atoms with Crippen molar-refractivity contribution in [2.45, 2.75) is 37.8 Å². The lowest BCUT2D eigenvalue weighted by Crippen LogP contribution is -2.41. The molecule has 0 spiro atoms. The zero-order chi connectivity index (χ0) is 11.7. The fraction of sp³-hybridized carbons (Fsp3) is 0.667. The normalized spacial score (nSPS) is 29.0. The summed E-state index contributed by atoms with van der Waals surface area (Å²) in [6, 6.07) is 1.15. The van der Waals surface area contributed by atoms with Crippen LogP contribution in [0.2, 0.25) is 5.02 Å². The molecule has 1 N–H and O–H groups in total. The third kappa shape index (κ3) is 2.24. The van der Waals surface area contributed by atoms with Gasteiger partial charge in [-0.25, -0.2) is 9.97 Å². The second-order valence-corrected chi connectivity index (χ2v) is 5.27. The van der Waals surface area contributed by atoms with Crippen LogP contribution < -0.4 is 5.32 Å². The number of nitrogens with zero attached hydrogens (tertiary/aromatic N) is 3. The average Bonchev–Trinajstić information content (AvgIpc) is 2.76. The molecular weight excluding hydrogens is 236 g/mol. The summed E-state index contributed by atoms with van der Waals surface area (Å²) >= 11 is 6.08. The smallest absolute Gasteiger partial charge is 0.148 e. The molecular formula is C12H17ClN4. The summed E-state index contributed by atoms with van der Waals surface area (Å²) < 4.78 is 0. The molecule has 4 nitrogen and oxygen atoms in total. The van der Waals surface area contributed by atoms with Crippen LogP contribution in [-0.4, -0.2) is 40.0 Å². The number of nitrogens with one attached hydrogen (secondary N) is 1. The fourth-order valence-electron chi connectivity index (χ4n) is 3.01. The Hall–Kier alpha value is -0.870. The van der Waals surface area contributed by atoms with Gasteiger partial charge in [-0.1, -0.05) is 18.0 Å². The average molecular weight is 253 g/mol. The monoisotopic (exact) mass is 252 g/mol. The molecule has 17 heavy (non-hydrogen) atoms. The predicted octanol–water partition coefficient (Wildman–Crippen LogP) is 2.17. The first-order valence-corrected chi connectivity index (χ1v) is 6.68. The van der Waals surface area contributed by atoms with Crippen LogP contribution in [0.5, 0.6) is 0 Å². The van der Waals surface area contributed by atoms with Crippen molar-refractivity contribution >= 4 is 17.4 Å². The Kier molecular flexibility index (Phi) is 3.16. The Morgan fingerprint density at radius 2 is 2.24 bits per heavy atom. The van der Waals surface area contributed by atoms with Crippen molar-refractivity contribution in [1.29, 1.82) is 0 Å². The van der Waals surface area contributed by atoms with Crippen LogP contribution in [0.1, 0.15) is 25.7 Å². The van der Waals surface area contributed by atoms with E-state index >= 15 is 0 Å². The largest absolute Gasteiger partial charge is 0.364 e. The van der Waals surface area contributed by atoms with Crippen LogP contribution in [0.25, 0.3) is 0 Å². The zero-order valence-corrected chi connectivity index (χ0v) is 10.5. The van der Waals surface area contributed by atoms with Gasteiger partial charge in [0.2, 0.25) is 0 Å². The van der Waals surface area contributed by atoms with Gasteiger partial charge < -0.3 is 5.32 Å². The molecule has 0 aliphatic carbocycles. The second-order valence-electron chi connectivity index (χ2n) is 4.86. The Bertz CT molecular complexity index is 398. The highest BCUT2D eigenvalue weighted by Gasteiger charge is 2.35. The minimum atomic E-state index is 0.489. The number of anilines is 1. The number of hydrogen-bond donors (Lipinski definition) is 1. The number of rotatable bonds is 2. The van der Waals surface area contributed by atoms with Gasteiger partial charge in [-0.3, -0.25) is 4.90 Å². The fourth-order valence-corrected chi connectivity index (χ4v) is 3.17. The molecule has 3 heterocycles. The second kappa shape index (κ2) is 4.78. The maximum atomic E-state index is 6.08. The molecule has 0 bridgehead atoms. The van der Waals surface area contributed by atoms with Gasteiger partial charge in [-0.2, -0.15) is 0 Å². The molecule has 0 aromatic carbocycles. The van der Waals surface area contributed by atoms with E-state index in [-0.39, 0.29) is 0 Å². The lowest BCUT2D eigenvalue weighted by atomic mass is 9.99. The van der Waals surface area contributed by atoms with Crippen LogP contribution in [0, 0.1) is 0 Å². The highest BCUT2D eigenvalue weighted by atomic mass is 35.5. The predicted molar refractivity (Wildman–Crippen MR) is 68.3 cm³/mol. The van der Waals surface area contributed by atoms with Gasteiger partial charge in [-0.15, -0.1) is 0 Å². The van der Waals surface area contributed by atoms with Crippen molar-refractivity contribution in [3.8, 4) is 0 Å². The van der Waals surface area contributed by atoms with Gasteiger partial charge >= 0.3 is 0 Å². The summed E-state index contributed by atoms with van der Waals surface area (Å²) in [6.07, 6.45) is 8.35. The first-order valence-electron chi connectivity index (χ1n) is 6.31. The van der Waals surface area contributed by atoms with Crippen LogP contribution in [-0.2, 0) is 0 Å². The van der Waals surface area contributed by atoms with E-state index in [2.05, 4.69) is 20.2 Å². The SMILES string of the molecule is Clc1cncnc1NC1CCN2CCCCC12.